The van der Waals surface area contributed by atoms with Crippen molar-refractivity contribution in [3.05, 3.63) is 52.7 Å². The van der Waals surface area contributed by atoms with Crippen LogP contribution in [0.15, 0.2) is 36.5 Å². The van der Waals surface area contributed by atoms with Crippen molar-refractivity contribution in [1.29, 1.82) is 0 Å². The van der Waals surface area contributed by atoms with Crippen LogP contribution in [0.25, 0.3) is 5.70 Å². The smallest absolute Gasteiger partial charge is 0.183 e. The second kappa shape index (κ2) is 9.84. The molecule has 8 heteroatoms. The summed E-state index contributed by atoms with van der Waals surface area (Å²) in [6, 6.07) is 11.0. The van der Waals surface area contributed by atoms with E-state index >= 15 is 0 Å². The molecule has 1 aromatic carbocycles. The molecule has 2 aliphatic rings. The molecule has 156 valence electrons. The lowest BCUT2D eigenvalue weighted by Crippen LogP contribution is -2.35. The van der Waals surface area contributed by atoms with E-state index in [0.717, 1.165) is 54.8 Å². The zero-order valence-electron chi connectivity index (χ0n) is 16.7. The van der Waals surface area contributed by atoms with Gasteiger partial charge in [-0.15, -0.1) is 0 Å². The van der Waals surface area contributed by atoms with Gasteiger partial charge in [0.15, 0.2) is 5.13 Å². The van der Waals surface area contributed by atoms with Crippen molar-refractivity contribution in [2.75, 3.05) is 25.0 Å². The summed E-state index contributed by atoms with van der Waals surface area (Å²) in [5, 5.41) is 21.0. The van der Waals surface area contributed by atoms with Crippen LogP contribution in [0.5, 0.6) is 0 Å². The first kappa shape index (κ1) is 20.5. The number of hydrogen-bond acceptors (Lipinski definition) is 8. The van der Waals surface area contributed by atoms with Crippen molar-refractivity contribution in [2.24, 2.45) is 0 Å². The minimum absolute atomic E-state index is 0.0179. The molecule has 4 N–H and O–H groups in total. The molecule has 0 amide bonds. The number of hydrogen-bond donors (Lipinski definition) is 4. The predicted molar refractivity (Wildman–Crippen MR) is 123 cm³/mol. The fourth-order valence-corrected chi connectivity index (χ4v) is 5.54. The summed E-state index contributed by atoms with van der Waals surface area (Å²) >= 11 is 3.55. The Bertz CT molecular complexity index is 820. The van der Waals surface area contributed by atoms with Crippen LogP contribution in [-0.2, 0) is 12.3 Å². The number of thiazole rings is 1. The van der Waals surface area contributed by atoms with Crippen LogP contribution in [0, 0.1) is 0 Å². The molecule has 0 radical (unpaired) electrons. The molecule has 0 spiro atoms. The van der Waals surface area contributed by atoms with E-state index in [9.17, 15) is 5.11 Å². The van der Waals surface area contributed by atoms with Crippen molar-refractivity contribution in [2.45, 2.75) is 44.1 Å². The molecule has 2 aromatic rings. The van der Waals surface area contributed by atoms with Crippen LogP contribution in [0.3, 0.4) is 0 Å². The molecule has 0 aliphatic carbocycles. The zero-order valence-corrected chi connectivity index (χ0v) is 18.4. The summed E-state index contributed by atoms with van der Waals surface area (Å²) in [5.74, 6) is 0.925. The number of nitrogens with zero attached hydrogens (tertiary/aromatic N) is 2. The lowest BCUT2D eigenvalue weighted by molar-refractivity contribution is 0.262. The molecule has 1 fully saturated rings. The van der Waals surface area contributed by atoms with Gasteiger partial charge in [-0.25, -0.2) is 4.98 Å². The normalized spacial score (nSPS) is 18.1. The van der Waals surface area contributed by atoms with E-state index in [1.54, 1.807) is 23.3 Å². The quantitative estimate of drug-likeness (QED) is 0.478. The van der Waals surface area contributed by atoms with Crippen molar-refractivity contribution in [3.8, 4) is 0 Å². The molecule has 1 unspecified atom stereocenters. The van der Waals surface area contributed by atoms with E-state index in [1.165, 1.54) is 10.4 Å². The standard InChI is InChI=1S/C21H29N5OS2/c1-15(13-27)23-18-11-26(28-14-16-5-3-2-4-6-16)12-19-20(18)25-21(29-19)24-17-7-9-22-10-8-17/h2-6,11,15,17,22-23,27H,7-10,12-14H2,1H3,(H,24,25). The number of nitrogens with one attached hydrogen (secondary N) is 3. The van der Waals surface area contributed by atoms with E-state index in [1.807, 2.05) is 13.0 Å². The summed E-state index contributed by atoms with van der Waals surface area (Å²) in [5.41, 5.74) is 3.32. The first-order valence-corrected chi connectivity index (χ1v) is 12.0. The predicted octanol–water partition coefficient (Wildman–Crippen LogP) is 3.24. The highest BCUT2D eigenvalue weighted by Crippen LogP contribution is 2.36. The molecule has 1 atom stereocenters. The second-order valence-corrected chi connectivity index (χ2v) is 9.66. The van der Waals surface area contributed by atoms with Crippen LogP contribution >= 0.6 is 23.3 Å². The molecule has 1 saturated heterocycles. The van der Waals surface area contributed by atoms with Crippen molar-refractivity contribution in [1.82, 2.24) is 19.9 Å². The Labute approximate surface area is 180 Å². The number of piperidine rings is 1. The fraction of sp³-hybridized carbons (Fsp3) is 0.476. The summed E-state index contributed by atoms with van der Waals surface area (Å²) in [6.07, 6.45) is 4.40. The molecular weight excluding hydrogens is 402 g/mol. The summed E-state index contributed by atoms with van der Waals surface area (Å²) < 4.78 is 2.27. The van der Waals surface area contributed by atoms with E-state index in [-0.39, 0.29) is 12.6 Å². The van der Waals surface area contributed by atoms with Crippen LogP contribution in [-0.4, -0.2) is 46.2 Å². The second-order valence-electron chi connectivity index (χ2n) is 7.56. The lowest BCUT2D eigenvalue weighted by Gasteiger charge is -2.26. The molecule has 6 nitrogen and oxygen atoms in total. The van der Waals surface area contributed by atoms with E-state index < -0.39 is 0 Å². The van der Waals surface area contributed by atoms with Gasteiger partial charge in [-0.3, -0.25) is 0 Å². The Morgan fingerprint density at radius 1 is 1.31 bits per heavy atom. The maximum Gasteiger partial charge on any atom is 0.183 e. The number of aliphatic hydroxyl groups is 1. The average molecular weight is 432 g/mol. The van der Waals surface area contributed by atoms with Gasteiger partial charge in [0, 0.05) is 24.0 Å². The lowest BCUT2D eigenvalue weighted by atomic mass is 10.1. The van der Waals surface area contributed by atoms with Crippen LogP contribution in [0.2, 0.25) is 0 Å². The highest BCUT2D eigenvalue weighted by molar-refractivity contribution is 7.96. The van der Waals surface area contributed by atoms with Gasteiger partial charge in [0.2, 0.25) is 0 Å². The Kier molecular flexibility index (Phi) is 6.97. The first-order valence-electron chi connectivity index (χ1n) is 10.2. The first-order chi connectivity index (χ1) is 14.2. The SMILES string of the molecule is CC(CO)NC1=CN(SCc2ccccc2)Cc2sc(NC3CCNCC3)nc21. The summed E-state index contributed by atoms with van der Waals surface area (Å²) in [4.78, 5) is 6.17. The van der Waals surface area contributed by atoms with Gasteiger partial charge >= 0.3 is 0 Å². The highest BCUT2D eigenvalue weighted by Gasteiger charge is 2.25. The highest BCUT2D eigenvalue weighted by atomic mass is 32.2. The number of aromatic nitrogens is 1. The molecule has 1 aromatic heterocycles. The van der Waals surface area contributed by atoms with Gasteiger partial charge in [-0.1, -0.05) is 41.7 Å². The molecule has 29 heavy (non-hydrogen) atoms. The zero-order chi connectivity index (χ0) is 20.1. The summed E-state index contributed by atoms with van der Waals surface area (Å²) in [6.45, 7) is 5.04. The minimum atomic E-state index is -0.0179. The number of aliphatic hydroxyl groups excluding tert-OH is 1. The topological polar surface area (TPSA) is 72.5 Å². The Morgan fingerprint density at radius 3 is 2.86 bits per heavy atom. The van der Waals surface area contributed by atoms with Crippen LogP contribution < -0.4 is 16.0 Å². The number of fused-ring (bicyclic) bond motifs is 1. The number of rotatable bonds is 8. The van der Waals surface area contributed by atoms with Gasteiger partial charge in [-0.05, 0) is 50.4 Å². The third-order valence-corrected chi connectivity index (χ3v) is 7.11. The van der Waals surface area contributed by atoms with Crippen molar-refractivity contribution < 1.29 is 5.11 Å². The van der Waals surface area contributed by atoms with Gasteiger partial charge in [0.25, 0.3) is 0 Å². The van der Waals surface area contributed by atoms with Crippen molar-refractivity contribution >= 4 is 34.1 Å². The van der Waals surface area contributed by atoms with Gasteiger partial charge in [-0.2, -0.15) is 0 Å². The minimum Gasteiger partial charge on any atom is -0.394 e. The maximum atomic E-state index is 9.51. The van der Waals surface area contributed by atoms with Gasteiger partial charge < -0.3 is 25.4 Å². The van der Waals surface area contributed by atoms with Crippen LogP contribution in [0.1, 0.15) is 35.9 Å². The molecule has 0 saturated carbocycles. The summed E-state index contributed by atoms with van der Waals surface area (Å²) in [7, 11) is 0. The number of benzene rings is 1. The Hall–Kier alpha value is -1.74. The molecular formula is C21H29N5OS2. The molecule has 0 bridgehead atoms. The van der Waals surface area contributed by atoms with Crippen molar-refractivity contribution in [3.63, 3.8) is 0 Å². The third kappa shape index (κ3) is 5.45. The van der Waals surface area contributed by atoms with Crippen LogP contribution in [0.4, 0.5) is 5.13 Å². The van der Waals surface area contributed by atoms with E-state index in [2.05, 4.69) is 50.7 Å². The Balaban J connectivity index is 1.48. The third-order valence-electron chi connectivity index (χ3n) is 5.11. The monoisotopic (exact) mass is 431 g/mol. The van der Waals surface area contributed by atoms with E-state index in [4.69, 9.17) is 4.98 Å². The Morgan fingerprint density at radius 2 is 2.10 bits per heavy atom. The molecule has 3 heterocycles. The number of anilines is 1. The average Bonchev–Trinajstić information content (AvgIpc) is 3.16. The van der Waals surface area contributed by atoms with Gasteiger partial charge in [0.05, 0.1) is 23.7 Å². The fourth-order valence-electron chi connectivity index (χ4n) is 3.50. The van der Waals surface area contributed by atoms with Gasteiger partial charge in [0.1, 0.15) is 5.69 Å². The molecule has 2 aliphatic heterocycles. The maximum absolute atomic E-state index is 9.51. The van der Waals surface area contributed by atoms with E-state index in [0.29, 0.717) is 6.04 Å². The molecule has 4 rings (SSSR count). The largest absolute Gasteiger partial charge is 0.394 e.